The third-order valence-corrected chi connectivity index (χ3v) is 6.86. The highest BCUT2D eigenvalue weighted by molar-refractivity contribution is 5.86. The number of nitrogens with zero attached hydrogens (tertiary/aromatic N) is 5. The van der Waals surface area contributed by atoms with Crippen molar-refractivity contribution in [2.24, 2.45) is 0 Å². The van der Waals surface area contributed by atoms with Crippen LogP contribution in [0.5, 0.6) is 5.75 Å². The van der Waals surface area contributed by atoms with Crippen LogP contribution in [-0.2, 0) is 6.54 Å². The summed E-state index contributed by atoms with van der Waals surface area (Å²) in [6, 6.07) is 2.25. The van der Waals surface area contributed by atoms with E-state index in [-0.39, 0.29) is 46.0 Å². The van der Waals surface area contributed by atoms with Gasteiger partial charge in [0.25, 0.3) is 5.56 Å². The average Bonchev–Trinajstić information content (AvgIpc) is 2.82. The molecule has 0 unspecified atom stereocenters. The second-order valence-electron chi connectivity index (χ2n) is 9.20. The summed E-state index contributed by atoms with van der Waals surface area (Å²) < 4.78 is 53.6. The SMILES string of the molecule is CN(c1cnc(-c2cc3ncn(CC(F)(F)F)c(=O)c3cc2O)cn1)[C@H]1C[C@@H]2CCC[C@@H](N2)[C@H]1F. The molecule has 2 fully saturated rings. The fourth-order valence-corrected chi connectivity index (χ4v) is 5.07. The molecule has 2 aliphatic heterocycles. The first-order chi connectivity index (χ1) is 16.6. The van der Waals surface area contributed by atoms with Gasteiger partial charge in [0, 0.05) is 24.7 Å². The van der Waals surface area contributed by atoms with Gasteiger partial charge in [0.05, 0.1) is 41.4 Å². The zero-order valence-corrected chi connectivity index (χ0v) is 18.8. The Balaban J connectivity index is 1.41. The zero-order chi connectivity index (χ0) is 24.9. The molecule has 1 aromatic carbocycles. The Hall–Kier alpha value is -3.28. The molecule has 4 atom stereocenters. The first-order valence-corrected chi connectivity index (χ1v) is 11.3. The van der Waals surface area contributed by atoms with E-state index in [1.165, 1.54) is 18.5 Å². The topological polar surface area (TPSA) is 96.2 Å². The molecule has 0 saturated carbocycles. The Morgan fingerprint density at radius 2 is 2.00 bits per heavy atom. The fraction of sp³-hybridized carbons (Fsp3) is 0.478. The summed E-state index contributed by atoms with van der Waals surface area (Å²) >= 11 is 0. The van der Waals surface area contributed by atoms with Gasteiger partial charge in [0.15, 0.2) is 0 Å². The van der Waals surface area contributed by atoms with Gasteiger partial charge in [-0.2, -0.15) is 13.2 Å². The summed E-state index contributed by atoms with van der Waals surface area (Å²) in [6.45, 7) is -1.48. The summed E-state index contributed by atoms with van der Waals surface area (Å²) in [4.78, 5) is 26.9. The Bertz CT molecular complexity index is 1300. The predicted octanol–water partition coefficient (Wildman–Crippen LogP) is 3.18. The lowest BCUT2D eigenvalue weighted by Gasteiger charge is -2.46. The van der Waals surface area contributed by atoms with E-state index in [0.29, 0.717) is 16.8 Å². The van der Waals surface area contributed by atoms with Crippen LogP contribution in [0.1, 0.15) is 25.7 Å². The van der Waals surface area contributed by atoms with Crippen molar-refractivity contribution >= 4 is 16.7 Å². The Kier molecular flexibility index (Phi) is 5.86. The summed E-state index contributed by atoms with van der Waals surface area (Å²) in [6.07, 6.45) is 1.64. The number of phenols is 1. The van der Waals surface area contributed by atoms with Crippen LogP contribution in [0.4, 0.5) is 23.4 Å². The smallest absolute Gasteiger partial charge is 0.406 e. The number of piperidine rings is 2. The van der Waals surface area contributed by atoms with Crippen LogP contribution in [0.3, 0.4) is 0 Å². The number of nitrogens with one attached hydrogen (secondary N) is 1. The van der Waals surface area contributed by atoms with Gasteiger partial charge in [-0.3, -0.25) is 14.3 Å². The minimum absolute atomic E-state index is 0.116. The molecule has 2 saturated heterocycles. The van der Waals surface area contributed by atoms with Crippen molar-refractivity contribution in [3.8, 4) is 17.0 Å². The van der Waals surface area contributed by atoms with Crippen molar-refractivity contribution in [3.63, 3.8) is 0 Å². The molecule has 35 heavy (non-hydrogen) atoms. The van der Waals surface area contributed by atoms with Crippen molar-refractivity contribution in [3.05, 3.63) is 41.2 Å². The Labute approximate surface area is 197 Å². The molecule has 2 aliphatic rings. The number of aromatic hydroxyl groups is 1. The van der Waals surface area contributed by atoms with Crippen LogP contribution in [0.25, 0.3) is 22.2 Å². The molecule has 2 N–H and O–H groups in total. The lowest BCUT2D eigenvalue weighted by molar-refractivity contribution is -0.141. The Morgan fingerprint density at radius 3 is 2.71 bits per heavy atom. The number of rotatable bonds is 4. The van der Waals surface area contributed by atoms with E-state index in [1.54, 1.807) is 11.9 Å². The van der Waals surface area contributed by atoms with E-state index < -0.39 is 24.5 Å². The van der Waals surface area contributed by atoms with Crippen LogP contribution in [0.15, 0.2) is 35.6 Å². The third-order valence-electron chi connectivity index (χ3n) is 6.86. The van der Waals surface area contributed by atoms with Gasteiger partial charge in [-0.25, -0.2) is 14.4 Å². The van der Waals surface area contributed by atoms with Gasteiger partial charge in [-0.05, 0) is 31.4 Å². The number of fused-ring (bicyclic) bond motifs is 3. The second kappa shape index (κ2) is 8.74. The molecular formula is C23H24F4N6O2. The normalized spacial score (nSPS) is 24.5. The predicted molar refractivity (Wildman–Crippen MR) is 121 cm³/mol. The van der Waals surface area contributed by atoms with Gasteiger partial charge in [-0.15, -0.1) is 0 Å². The maximum absolute atomic E-state index is 15.1. The van der Waals surface area contributed by atoms with Gasteiger partial charge in [-0.1, -0.05) is 6.42 Å². The number of hydrogen-bond acceptors (Lipinski definition) is 7. The quantitative estimate of drug-likeness (QED) is 0.540. The number of anilines is 1. The van der Waals surface area contributed by atoms with E-state index in [4.69, 9.17) is 0 Å². The van der Waals surface area contributed by atoms with Gasteiger partial charge >= 0.3 is 6.18 Å². The van der Waals surface area contributed by atoms with Crippen LogP contribution in [0.2, 0.25) is 0 Å². The molecule has 0 radical (unpaired) electrons. The zero-order valence-electron chi connectivity index (χ0n) is 18.8. The molecule has 186 valence electrons. The highest BCUT2D eigenvalue weighted by Crippen LogP contribution is 2.34. The molecule has 2 bridgehead atoms. The second-order valence-corrected chi connectivity index (χ2v) is 9.20. The number of hydrogen-bond donors (Lipinski definition) is 2. The van der Waals surface area contributed by atoms with E-state index in [9.17, 15) is 23.1 Å². The summed E-state index contributed by atoms with van der Waals surface area (Å²) in [5.74, 6) is 0.140. The highest BCUT2D eigenvalue weighted by atomic mass is 19.4. The number of halogens is 4. The first-order valence-electron chi connectivity index (χ1n) is 11.3. The monoisotopic (exact) mass is 492 g/mol. The van der Waals surface area contributed by atoms with Crippen LogP contribution in [0, 0.1) is 0 Å². The van der Waals surface area contributed by atoms with Crippen molar-refractivity contribution < 1.29 is 22.7 Å². The average molecular weight is 492 g/mol. The molecule has 4 heterocycles. The van der Waals surface area contributed by atoms with Crippen molar-refractivity contribution in [1.29, 1.82) is 0 Å². The molecule has 3 aromatic rings. The Morgan fingerprint density at radius 1 is 1.20 bits per heavy atom. The largest absolute Gasteiger partial charge is 0.507 e. The van der Waals surface area contributed by atoms with Gasteiger partial charge < -0.3 is 15.3 Å². The number of benzene rings is 1. The molecule has 2 aromatic heterocycles. The lowest BCUT2D eigenvalue weighted by atomic mass is 9.82. The van der Waals surface area contributed by atoms with Crippen molar-refractivity contribution in [2.45, 2.75) is 62.7 Å². The number of phenolic OH excluding ortho intramolecular Hbond substituents is 1. The maximum Gasteiger partial charge on any atom is 0.406 e. The van der Waals surface area contributed by atoms with Crippen LogP contribution >= 0.6 is 0 Å². The maximum atomic E-state index is 15.1. The summed E-state index contributed by atoms with van der Waals surface area (Å²) in [5.41, 5.74) is -0.295. The standard InChI is InChI=1S/C23H24F4N6O2/c1-32(18-5-12-3-2-4-15(31-12)21(18)24)20-9-28-17(8-29-20)13-6-16-14(7-19(13)34)22(35)33(11-30-16)10-23(25,26)27/h6-9,11-12,15,18,21,31,34H,2-5,10H2,1H3/t12-,15+,18-,21+/m0/s1. The highest BCUT2D eigenvalue weighted by Gasteiger charge is 2.42. The molecular weight excluding hydrogens is 468 g/mol. The van der Waals surface area contributed by atoms with E-state index in [1.807, 2.05) is 0 Å². The minimum atomic E-state index is -4.58. The van der Waals surface area contributed by atoms with E-state index >= 15 is 4.39 Å². The van der Waals surface area contributed by atoms with Crippen molar-refractivity contribution in [2.75, 3.05) is 11.9 Å². The molecule has 12 heteroatoms. The minimum Gasteiger partial charge on any atom is -0.507 e. The third kappa shape index (κ3) is 4.54. The number of alkyl halides is 4. The lowest BCUT2D eigenvalue weighted by Crippen LogP contribution is -2.61. The number of aromatic nitrogens is 4. The van der Waals surface area contributed by atoms with Crippen LogP contribution in [-0.4, -0.2) is 62.1 Å². The molecule has 8 nitrogen and oxygen atoms in total. The fourth-order valence-electron chi connectivity index (χ4n) is 5.07. The van der Waals surface area contributed by atoms with Gasteiger partial charge in [0.1, 0.15) is 24.3 Å². The molecule has 0 amide bonds. The molecule has 5 rings (SSSR count). The molecule has 0 aliphatic carbocycles. The van der Waals surface area contributed by atoms with Crippen molar-refractivity contribution in [1.82, 2.24) is 24.8 Å². The molecule has 0 spiro atoms. The van der Waals surface area contributed by atoms with Gasteiger partial charge in [0.2, 0.25) is 0 Å². The van der Waals surface area contributed by atoms with E-state index in [2.05, 4.69) is 20.3 Å². The van der Waals surface area contributed by atoms with E-state index in [0.717, 1.165) is 31.7 Å². The summed E-state index contributed by atoms with van der Waals surface area (Å²) in [7, 11) is 1.78. The first kappa shape index (κ1) is 23.5. The summed E-state index contributed by atoms with van der Waals surface area (Å²) in [5, 5.41) is 13.7. The van der Waals surface area contributed by atoms with Crippen LogP contribution < -0.4 is 15.8 Å².